The van der Waals surface area contributed by atoms with Gasteiger partial charge in [-0.15, -0.1) is 0 Å². The third-order valence-corrected chi connectivity index (χ3v) is 5.14. The van der Waals surface area contributed by atoms with Crippen molar-refractivity contribution in [3.8, 4) is 5.75 Å². The van der Waals surface area contributed by atoms with Gasteiger partial charge in [0.15, 0.2) is 11.6 Å². The number of halogens is 2. The Morgan fingerprint density at radius 1 is 1.20 bits per heavy atom. The molecule has 0 amide bonds. The fourth-order valence-corrected chi connectivity index (χ4v) is 3.63. The van der Waals surface area contributed by atoms with Crippen LogP contribution in [0.2, 0.25) is 0 Å². The van der Waals surface area contributed by atoms with Gasteiger partial charge < -0.3 is 10.2 Å². The van der Waals surface area contributed by atoms with Crippen LogP contribution in [0, 0.1) is 23.0 Å². The van der Waals surface area contributed by atoms with Gasteiger partial charge in [0.1, 0.15) is 0 Å². The molecule has 2 aliphatic carbocycles. The van der Waals surface area contributed by atoms with E-state index in [1.54, 1.807) is 0 Å². The lowest BCUT2D eigenvalue weighted by Crippen LogP contribution is -2.34. The predicted molar refractivity (Wildman–Crippen MR) is 72.1 cm³/mol. The van der Waals surface area contributed by atoms with Gasteiger partial charge >= 0.3 is 0 Å². The molecule has 108 valence electrons. The number of fused-ring (bicyclic) bond motifs is 1. The molecule has 4 heteroatoms. The van der Waals surface area contributed by atoms with Crippen LogP contribution in [-0.2, 0) is 0 Å². The predicted octanol–water partition coefficient (Wildman–Crippen LogP) is 3.62. The summed E-state index contributed by atoms with van der Waals surface area (Å²) in [5.74, 6) is -2.54. The Hall–Kier alpha value is -1.42. The van der Waals surface area contributed by atoms with E-state index in [2.05, 4.69) is 6.92 Å². The summed E-state index contributed by atoms with van der Waals surface area (Å²) in [7, 11) is 0. The molecule has 2 nitrogen and oxygen atoms in total. The summed E-state index contributed by atoms with van der Waals surface area (Å²) in [5, 5.41) is 19.3. The first kappa shape index (κ1) is 13.6. The molecule has 0 radical (unpaired) electrons. The first-order valence-corrected chi connectivity index (χ1v) is 6.98. The van der Waals surface area contributed by atoms with Crippen LogP contribution in [0.5, 0.6) is 5.75 Å². The third-order valence-electron chi connectivity index (χ3n) is 5.14. The molecule has 1 unspecified atom stereocenters. The second-order valence-electron chi connectivity index (χ2n) is 6.19. The second-order valence-corrected chi connectivity index (χ2v) is 6.19. The van der Waals surface area contributed by atoms with Gasteiger partial charge in [-0.05, 0) is 49.3 Å². The second kappa shape index (κ2) is 4.55. The summed E-state index contributed by atoms with van der Waals surface area (Å²) in [4.78, 5) is 0. The highest BCUT2D eigenvalue weighted by Gasteiger charge is 2.47. The van der Waals surface area contributed by atoms with Crippen molar-refractivity contribution in [1.82, 2.24) is 0 Å². The zero-order chi connectivity index (χ0) is 14.5. The number of aromatic hydroxyl groups is 1. The van der Waals surface area contributed by atoms with Crippen molar-refractivity contribution in [2.45, 2.75) is 38.7 Å². The number of rotatable bonds is 1. The van der Waals surface area contributed by atoms with Gasteiger partial charge in [0, 0.05) is 11.0 Å². The molecule has 0 aromatic heterocycles. The standard InChI is InChI=1S/C16H18F2O2/c1-16-7-6-9(8-10(16)2-5-13(16)20)11-3-4-12(19)15(18)14(11)17/h3-4,6,10,13,19-20H,2,5,7-8H2,1H3/t10?,13-,16-/m0/s1. The largest absolute Gasteiger partial charge is 0.505 e. The molecule has 20 heavy (non-hydrogen) atoms. The van der Waals surface area contributed by atoms with Gasteiger partial charge in [-0.2, -0.15) is 4.39 Å². The molecule has 1 aromatic carbocycles. The van der Waals surface area contributed by atoms with E-state index in [0.717, 1.165) is 18.4 Å². The van der Waals surface area contributed by atoms with Crippen molar-refractivity contribution < 1.29 is 19.0 Å². The maximum atomic E-state index is 13.9. The SMILES string of the molecule is C[C@]12CC=C(c3ccc(O)c(F)c3F)CC1CC[C@@H]2O. The van der Waals surface area contributed by atoms with E-state index in [1.165, 1.54) is 12.1 Å². The molecule has 0 heterocycles. The van der Waals surface area contributed by atoms with Gasteiger partial charge in [0.2, 0.25) is 5.82 Å². The fourth-order valence-electron chi connectivity index (χ4n) is 3.63. The first-order valence-electron chi connectivity index (χ1n) is 6.98. The number of benzene rings is 1. The van der Waals surface area contributed by atoms with Crippen LogP contribution in [0.4, 0.5) is 8.78 Å². The molecule has 3 atom stereocenters. The number of hydrogen-bond donors (Lipinski definition) is 2. The summed E-state index contributed by atoms with van der Waals surface area (Å²) in [5.41, 5.74) is 0.858. The lowest BCUT2D eigenvalue weighted by atomic mass is 9.68. The van der Waals surface area contributed by atoms with E-state index >= 15 is 0 Å². The van der Waals surface area contributed by atoms with Gasteiger partial charge in [-0.3, -0.25) is 0 Å². The number of phenolic OH excluding ortho intramolecular Hbond substituents is 1. The average molecular weight is 280 g/mol. The van der Waals surface area contributed by atoms with Crippen LogP contribution in [-0.4, -0.2) is 16.3 Å². The van der Waals surface area contributed by atoms with Crippen LogP contribution in [0.1, 0.15) is 38.2 Å². The average Bonchev–Trinajstić information content (AvgIpc) is 2.72. The molecule has 1 saturated carbocycles. The molecule has 3 rings (SSSR count). The Balaban J connectivity index is 1.96. The van der Waals surface area contributed by atoms with Crippen molar-refractivity contribution >= 4 is 5.57 Å². The molecule has 0 aliphatic heterocycles. The Morgan fingerprint density at radius 3 is 2.70 bits per heavy atom. The van der Waals surface area contributed by atoms with Crippen LogP contribution in [0.15, 0.2) is 18.2 Å². The van der Waals surface area contributed by atoms with Gasteiger partial charge in [-0.25, -0.2) is 4.39 Å². The Kier molecular flexibility index (Phi) is 3.09. The minimum absolute atomic E-state index is 0.143. The highest BCUT2D eigenvalue weighted by molar-refractivity contribution is 5.68. The maximum Gasteiger partial charge on any atom is 0.200 e. The molecule has 2 N–H and O–H groups in total. The minimum Gasteiger partial charge on any atom is -0.505 e. The van der Waals surface area contributed by atoms with Crippen molar-refractivity contribution in [3.05, 3.63) is 35.4 Å². The van der Waals surface area contributed by atoms with E-state index in [9.17, 15) is 19.0 Å². The van der Waals surface area contributed by atoms with Crippen LogP contribution in [0.3, 0.4) is 0 Å². The molecular weight excluding hydrogens is 262 g/mol. The highest BCUT2D eigenvalue weighted by atomic mass is 19.2. The van der Waals surface area contributed by atoms with Crippen molar-refractivity contribution in [3.63, 3.8) is 0 Å². The van der Waals surface area contributed by atoms with E-state index < -0.39 is 17.4 Å². The van der Waals surface area contributed by atoms with Crippen LogP contribution >= 0.6 is 0 Å². The zero-order valence-electron chi connectivity index (χ0n) is 11.4. The van der Waals surface area contributed by atoms with Crippen molar-refractivity contribution in [1.29, 1.82) is 0 Å². The zero-order valence-corrected chi connectivity index (χ0v) is 11.4. The molecule has 0 bridgehead atoms. The van der Waals surface area contributed by atoms with Crippen molar-refractivity contribution in [2.24, 2.45) is 11.3 Å². The third kappa shape index (κ3) is 1.85. The van der Waals surface area contributed by atoms with E-state index in [-0.39, 0.29) is 17.1 Å². The van der Waals surface area contributed by atoms with Crippen LogP contribution in [0.25, 0.3) is 5.57 Å². The number of hydrogen-bond acceptors (Lipinski definition) is 2. The van der Waals surface area contributed by atoms with Gasteiger partial charge in [0.25, 0.3) is 0 Å². The molecular formula is C16H18F2O2. The number of allylic oxidation sites excluding steroid dienone is 2. The minimum atomic E-state index is -1.19. The summed E-state index contributed by atoms with van der Waals surface area (Å²) in [6.45, 7) is 2.07. The normalized spacial score (nSPS) is 32.9. The van der Waals surface area contributed by atoms with Crippen molar-refractivity contribution in [2.75, 3.05) is 0 Å². The number of phenols is 1. The van der Waals surface area contributed by atoms with E-state index in [0.29, 0.717) is 18.8 Å². The molecule has 0 spiro atoms. The van der Waals surface area contributed by atoms with Gasteiger partial charge in [0.05, 0.1) is 6.10 Å². The van der Waals surface area contributed by atoms with E-state index in [1.807, 2.05) is 6.08 Å². The lowest BCUT2D eigenvalue weighted by Gasteiger charge is -2.38. The molecule has 1 aromatic rings. The Bertz CT molecular complexity index is 582. The quantitative estimate of drug-likeness (QED) is 0.824. The monoisotopic (exact) mass is 280 g/mol. The first-order chi connectivity index (χ1) is 9.43. The Labute approximate surface area is 116 Å². The summed E-state index contributed by atoms with van der Waals surface area (Å²) < 4.78 is 27.4. The summed E-state index contributed by atoms with van der Waals surface area (Å²) in [6.07, 6.45) is 4.60. The van der Waals surface area contributed by atoms with Gasteiger partial charge in [-0.1, -0.05) is 13.0 Å². The van der Waals surface area contributed by atoms with E-state index in [4.69, 9.17) is 0 Å². The Morgan fingerprint density at radius 2 is 1.95 bits per heavy atom. The fraction of sp³-hybridized carbons (Fsp3) is 0.500. The number of aliphatic hydroxyl groups is 1. The maximum absolute atomic E-state index is 13.9. The topological polar surface area (TPSA) is 40.5 Å². The summed E-state index contributed by atoms with van der Waals surface area (Å²) >= 11 is 0. The summed E-state index contributed by atoms with van der Waals surface area (Å²) in [6, 6.07) is 2.61. The lowest BCUT2D eigenvalue weighted by molar-refractivity contribution is 0.0400. The highest BCUT2D eigenvalue weighted by Crippen LogP contribution is 2.53. The smallest absolute Gasteiger partial charge is 0.200 e. The van der Waals surface area contributed by atoms with Crippen LogP contribution < -0.4 is 0 Å². The molecule has 0 saturated heterocycles. The molecule has 1 fully saturated rings. The molecule has 2 aliphatic rings. The number of aliphatic hydroxyl groups excluding tert-OH is 1.